The summed E-state index contributed by atoms with van der Waals surface area (Å²) in [5.41, 5.74) is -0.0858. The molecular weight excluding hydrogens is 476 g/mol. The fraction of sp³-hybridized carbons (Fsp3) is 0.667. The lowest BCUT2D eigenvalue weighted by Crippen LogP contribution is -2.51. The number of carbonyl (C=O) groups excluding carboxylic acids is 2. The van der Waals surface area contributed by atoms with Crippen molar-refractivity contribution in [3.05, 3.63) is 35.9 Å². The number of hydrogen-bond acceptors (Lipinski definition) is 7. The van der Waals surface area contributed by atoms with Crippen LogP contribution in [-0.4, -0.2) is 108 Å². The van der Waals surface area contributed by atoms with Crippen molar-refractivity contribution < 1.29 is 29.0 Å². The predicted molar refractivity (Wildman–Crippen MR) is 142 cm³/mol. The van der Waals surface area contributed by atoms with Crippen LogP contribution in [0.3, 0.4) is 0 Å². The molecule has 0 radical (unpaired) electrons. The fourth-order valence-corrected chi connectivity index (χ4v) is 3.88. The molecule has 2 aliphatic rings. The fourth-order valence-electron chi connectivity index (χ4n) is 3.88. The highest BCUT2D eigenvalue weighted by molar-refractivity contribution is 5.76. The second kappa shape index (κ2) is 13.6. The van der Waals surface area contributed by atoms with E-state index in [9.17, 15) is 19.5 Å². The Bertz CT molecular complexity index is 867. The number of carbonyl (C=O) groups is 3. The first kappa shape index (κ1) is 30.4. The largest absolute Gasteiger partial charge is 0.481 e. The van der Waals surface area contributed by atoms with Gasteiger partial charge in [0.2, 0.25) is 0 Å². The molecule has 2 saturated heterocycles. The number of benzene rings is 1. The van der Waals surface area contributed by atoms with Gasteiger partial charge < -0.3 is 29.7 Å². The third-order valence-electron chi connectivity index (χ3n) is 5.73. The normalized spacial score (nSPS) is 17.8. The Morgan fingerprint density at radius 1 is 0.811 bits per heavy atom. The molecule has 1 aromatic rings. The third-order valence-corrected chi connectivity index (χ3v) is 5.73. The van der Waals surface area contributed by atoms with Crippen molar-refractivity contribution in [3.8, 4) is 0 Å². The summed E-state index contributed by atoms with van der Waals surface area (Å²) in [5, 5.41) is 12.7. The minimum absolute atomic E-state index is 0.200. The molecule has 1 atom stereocenters. The molecule has 10 nitrogen and oxygen atoms in total. The molecule has 2 aliphatic heterocycles. The van der Waals surface area contributed by atoms with E-state index in [1.807, 2.05) is 71.9 Å². The van der Waals surface area contributed by atoms with Crippen molar-refractivity contribution >= 4 is 18.2 Å². The van der Waals surface area contributed by atoms with Crippen LogP contribution in [0.2, 0.25) is 0 Å². The number of amides is 2. The van der Waals surface area contributed by atoms with E-state index in [-0.39, 0.29) is 17.8 Å². The summed E-state index contributed by atoms with van der Waals surface area (Å²) >= 11 is 0. The Labute approximate surface area is 220 Å². The summed E-state index contributed by atoms with van der Waals surface area (Å²) in [6.45, 7) is 17.2. The molecule has 208 valence electrons. The number of nitrogens with one attached hydrogen (secondary N) is 1. The van der Waals surface area contributed by atoms with Crippen LogP contribution in [0, 0.1) is 0 Å². The van der Waals surface area contributed by atoms with E-state index in [0.29, 0.717) is 32.7 Å². The van der Waals surface area contributed by atoms with Crippen molar-refractivity contribution in [2.24, 2.45) is 0 Å². The zero-order chi connectivity index (χ0) is 27.6. The number of rotatable bonds is 4. The number of piperazine rings is 2. The van der Waals surface area contributed by atoms with Gasteiger partial charge in [0.1, 0.15) is 11.2 Å². The highest BCUT2D eigenvalue weighted by Gasteiger charge is 2.29. The van der Waals surface area contributed by atoms with Crippen LogP contribution in [-0.2, 0) is 14.3 Å². The number of hydrogen-bond donors (Lipinski definition) is 2. The van der Waals surface area contributed by atoms with Gasteiger partial charge in [-0.15, -0.1) is 0 Å². The zero-order valence-electron chi connectivity index (χ0n) is 23.2. The second-order valence-corrected chi connectivity index (χ2v) is 11.3. The molecule has 0 spiro atoms. The number of nitrogens with zero attached hydrogens (tertiary/aromatic N) is 3. The number of carboxylic acids is 1. The molecular formula is C27H44N4O6. The molecule has 0 aromatic heterocycles. The lowest BCUT2D eigenvalue weighted by molar-refractivity contribution is -0.139. The average molecular weight is 521 g/mol. The van der Waals surface area contributed by atoms with Gasteiger partial charge in [-0.25, -0.2) is 9.59 Å². The molecule has 2 amide bonds. The molecule has 3 rings (SSSR count). The van der Waals surface area contributed by atoms with Crippen LogP contribution in [0.15, 0.2) is 30.3 Å². The van der Waals surface area contributed by atoms with Crippen molar-refractivity contribution in [2.45, 2.75) is 58.7 Å². The van der Waals surface area contributed by atoms with Crippen LogP contribution in [0.4, 0.5) is 9.59 Å². The van der Waals surface area contributed by atoms with Crippen LogP contribution in [0.1, 0.15) is 53.0 Å². The van der Waals surface area contributed by atoms with Crippen molar-refractivity contribution in [2.75, 3.05) is 58.9 Å². The number of aliphatic carboxylic acids is 1. The lowest BCUT2D eigenvalue weighted by atomic mass is 9.98. The molecule has 0 aliphatic carbocycles. The van der Waals surface area contributed by atoms with Gasteiger partial charge in [0.05, 0.1) is 5.92 Å². The average Bonchev–Trinajstić information content (AvgIpc) is 2.82. The van der Waals surface area contributed by atoms with Crippen LogP contribution < -0.4 is 5.32 Å². The van der Waals surface area contributed by atoms with E-state index in [0.717, 1.165) is 31.7 Å². The van der Waals surface area contributed by atoms with E-state index in [1.54, 1.807) is 9.80 Å². The van der Waals surface area contributed by atoms with E-state index in [4.69, 9.17) is 9.47 Å². The van der Waals surface area contributed by atoms with Crippen LogP contribution in [0.5, 0.6) is 0 Å². The standard InChI is InChI=1S/C18H26N2O4.C9H18N2O2/c1-18(2,3)24-17(23)20-11-9-19(10-12-20)13-15(16(21)22)14-7-5-4-6-8-14;1-9(2,3)13-8(12)11-6-4-10-5-7-11/h4-8,15H,9-13H2,1-3H3,(H,21,22);10H,4-7H2,1-3H3. The molecule has 1 unspecified atom stereocenters. The summed E-state index contributed by atoms with van der Waals surface area (Å²) in [7, 11) is 0. The van der Waals surface area contributed by atoms with Crippen LogP contribution >= 0.6 is 0 Å². The van der Waals surface area contributed by atoms with Crippen molar-refractivity contribution in [1.29, 1.82) is 0 Å². The minimum atomic E-state index is -0.823. The summed E-state index contributed by atoms with van der Waals surface area (Å²) in [5.74, 6) is -1.38. The first-order valence-corrected chi connectivity index (χ1v) is 12.9. The molecule has 2 fully saturated rings. The van der Waals surface area contributed by atoms with Crippen molar-refractivity contribution in [1.82, 2.24) is 20.0 Å². The predicted octanol–water partition coefficient (Wildman–Crippen LogP) is 3.23. The van der Waals surface area contributed by atoms with E-state index < -0.39 is 17.5 Å². The Morgan fingerprint density at radius 2 is 1.27 bits per heavy atom. The van der Waals surface area contributed by atoms with Crippen LogP contribution in [0.25, 0.3) is 0 Å². The van der Waals surface area contributed by atoms with Gasteiger partial charge in [-0.2, -0.15) is 0 Å². The molecule has 1 aromatic carbocycles. The Balaban J connectivity index is 0.000000312. The Morgan fingerprint density at radius 3 is 1.70 bits per heavy atom. The first-order valence-electron chi connectivity index (χ1n) is 12.9. The van der Waals surface area contributed by atoms with Gasteiger partial charge in [-0.1, -0.05) is 30.3 Å². The third kappa shape index (κ3) is 11.4. The lowest BCUT2D eigenvalue weighted by Gasteiger charge is -2.36. The SMILES string of the molecule is CC(C)(C)OC(=O)N1CCN(CC(C(=O)O)c2ccccc2)CC1.CC(C)(C)OC(=O)N1CCNCC1. The Kier molecular flexibility index (Phi) is 11.2. The molecule has 37 heavy (non-hydrogen) atoms. The Hall–Kier alpha value is -2.85. The highest BCUT2D eigenvalue weighted by atomic mass is 16.6. The van der Waals surface area contributed by atoms with Gasteiger partial charge in [0.25, 0.3) is 0 Å². The van der Waals surface area contributed by atoms with Gasteiger partial charge in [-0.3, -0.25) is 9.69 Å². The molecule has 0 bridgehead atoms. The number of carboxylic acid groups (broad SMARTS) is 1. The van der Waals surface area contributed by atoms with E-state index in [1.165, 1.54) is 0 Å². The quantitative estimate of drug-likeness (QED) is 0.623. The maximum absolute atomic E-state index is 12.1. The minimum Gasteiger partial charge on any atom is -0.481 e. The van der Waals surface area contributed by atoms with Gasteiger partial charge in [-0.05, 0) is 47.1 Å². The van der Waals surface area contributed by atoms with Gasteiger partial charge in [0.15, 0.2) is 0 Å². The summed E-state index contributed by atoms with van der Waals surface area (Å²) in [6, 6.07) is 9.27. The summed E-state index contributed by atoms with van der Waals surface area (Å²) in [6.07, 6.45) is -0.506. The smallest absolute Gasteiger partial charge is 0.410 e. The number of ether oxygens (including phenoxy) is 2. The highest BCUT2D eigenvalue weighted by Crippen LogP contribution is 2.19. The van der Waals surface area contributed by atoms with Gasteiger partial charge in [0, 0.05) is 58.9 Å². The molecule has 2 heterocycles. The summed E-state index contributed by atoms with van der Waals surface area (Å²) in [4.78, 5) is 40.7. The monoisotopic (exact) mass is 520 g/mol. The maximum Gasteiger partial charge on any atom is 0.410 e. The van der Waals surface area contributed by atoms with Gasteiger partial charge >= 0.3 is 18.2 Å². The van der Waals surface area contributed by atoms with E-state index >= 15 is 0 Å². The second-order valence-electron chi connectivity index (χ2n) is 11.3. The molecule has 0 saturated carbocycles. The molecule has 10 heteroatoms. The maximum atomic E-state index is 12.1. The van der Waals surface area contributed by atoms with Crippen molar-refractivity contribution in [3.63, 3.8) is 0 Å². The summed E-state index contributed by atoms with van der Waals surface area (Å²) < 4.78 is 10.6. The molecule has 2 N–H and O–H groups in total. The van der Waals surface area contributed by atoms with E-state index in [2.05, 4.69) is 10.2 Å². The first-order chi connectivity index (χ1) is 17.2. The zero-order valence-corrected chi connectivity index (χ0v) is 23.2. The topological polar surface area (TPSA) is 112 Å².